The minimum atomic E-state index is -4.77. The molecule has 1 saturated carbocycles. The van der Waals surface area contributed by atoms with Crippen molar-refractivity contribution >= 4 is 47.3 Å². The first-order chi connectivity index (χ1) is 27.0. The molecule has 1 aromatic heterocycles. The molecule has 18 heteroatoms. The molecular formula is C39H47F3N8O6S. The third kappa shape index (κ3) is 9.43. The van der Waals surface area contributed by atoms with Gasteiger partial charge in [0.2, 0.25) is 17.7 Å². The zero-order chi connectivity index (χ0) is 41.2. The minimum Gasteiger partial charge on any atom is -0.377 e. The Morgan fingerprint density at radius 3 is 2.37 bits per heavy atom. The minimum absolute atomic E-state index is 0.0184. The average molecular weight is 813 g/mol. The van der Waals surface area contributed by atoms with Crippen molar-refractivity contribution in [1.29, 1.82) is 5.26 Å². The lowest BCUT2D eigenvalue weighted by molar-refractivity contribution is -0.138. The maximum absolute atomic E-state index is 13.6. The number of carbonyl (C=O) groups excluding carboxylic acids is 5. The normalized spacial score (nSPS) is 26.0. The summed E-state index contributed by atoms with van der Waals surface area (Å²) in [6.45, 7) is 10.4. The van der Waals surface area contributed by atoms with Crippen molar-refractivity contribution in [2.75, 3.05) is 38.1 Å². The van der Waals surface area contributed by atoms with Crippen molar-refractivity contribution in [3.8, 4) is 6.07 Å². The number of carbonyl (C=O) groups is 5. The number of anilines is 1. The molecule has 6 rings (SSSR count). The molecule has 3 saturated heterocycles. The van der Waals surface area contributed by atoms with Gasteiger partial charge in [0.25, 0.3) is 5.91 Å². The zero-order valence-corrected chi connectivity index (χ0v) is 33.1. The van der Waals surface area contributed by atoms with Crippen LogP contribution in [0.25, 0.3) is 0 Å². The van der Waals surface area contributed by atoms with Crippen LogP contribution in [0.3, 0.4) is 0 Å². The molecule has 6 amide bonds. The van der Waals surface area contributed by atoms with E-state index in [9.17, 15) is 37.1 Å². The lowest BCUT2D eigenvalue weighted by Crippen LogP contribution is -2.58. The van der Waals surface area contributed by atoms with Crippen LogP contribution in [0.5, 0.6) is 0 Å². The number of piperidine rings is 1. The van der Waals surface area contributed by atoms with Crippen molar-refractivity contribution in [3.05, 3.63) is 53.3 Å². The quantitative estimate of drug-likeness (QED) is 0.180. The molecule has 1 aromatic carbocycles. The summed E-state index contributed by atoms with van der Waals surface area (Å²) < 4.78 is 47.9. The van der Waals surface area contributed by atoms with E-state index in [0.717, 1.165) is 29.5 Å². The second kappa shape index (κ2) is 17.1. The number of rotatable bonds is 11. The van der Waals surface area contributed by atoms with Crippen LogP contribution in [-0.4, -0.2) is 116 Å². The lowest BCUT2D eigenvalue weighted by Gasteiger charge is -2.44. The third-order valence-electron chi connectivity index (χ3n) is 11.2. The third-order valence-corrected chi connectivity index (χ3v) is 12.2. The molecule has 0 spiro atoms. The Balaban J connectivity index is 0.929. The average Bonchev–Trinajstić information content (AvgIpc) is 3.32. The number of alkyl halides is 3. The van der Waals surface area contributed by atoms with E-state index in [4.69, 9.17) is 10.00 Å². The van der Waals surface area contributed by atoms with Crippen molar-refractivity contribution < 1.29 is 41.9 Å². The van der Waals surface area contributed by atoms with Crippen LogP contribution < -0.4 is 10.6 Å². The second-order valence-electron chi connectivity index (χ2n) is 15.7. The number of amides is 6. The highest BCUT2D eigenvalue weighted by Crippen LogP contribution is 2.42. The number of piperazine rings is 1. The van der Waals surface area contributed by atoms with Gasteiger partial charge in [-0.3, -0.25) is 39.3 Å². The highest BCUT2D eigenvalue weighted by atomic mass is 32.2. The Morgan fingerprint density at radius 2 is 1.75 bits per heavy atom. The summed E-state index contributed by atoms with van der Waals surface area (Å²) in [5.74, 6) is -1.83. The van der Waals surface area contributed by atoms with Gasteiger partial charge in [-0.2, -0.15) is 22.7 Å². The fourth-order valence-electron chi connectivity index (χ4n) is 8.29. The number of pyridine rings is 1. The van der Waals surface area contributed by atoms with E-state index in [0.29, 0.717) is 68.6 Å². The summed E-state index contributed by atoms with van der Waals surface area (Å²) >= 11 is 0.631. The molecule has 4 aliphatic rings. The molecule has 3 atom stereocenters. The molecule has 306 valence electrons. The first-order valence-corrected chi connectivity index (χ1v) is 19.9. The SMILES string of the molecule is C[C@@H]1CN(CCOC2CCC(N3C(=O)N(Sc4ccc(C#N)c(C(F)(F)F)c4)C(=O)C3(C)C)CC2)C[C@H](C)N1CC(=O)Nc1ccc(C2CCC(=O)NC2=O)nc1. The van der Waals surface area contributed by atoms with E-state index in [-0.39, 0.29) is 59.8 Å². The van der Waals surface area contributed by atoms with E-state index >= 15 is 0 Å². The number of hydrogen-bond acceptors (Lipinski definition) is 11. The number of ether oxygens (including phenoxy) is 1. The van der Waals surface area contributed by atoms with E-state index < -0.39 is 40.7 Å². The van der Waals surface area contributed by atoms with Crippen molar-refractivity contribution in [1.82, 2.24) is 29.3 Å². The summed E-state index contributed by atoms with van der Waals surface area (Å²) in [4.78, 5) is 74.1. The maximum Gasteiger partial charge on any atom is 0.417 e. The largest absolute Gasteiger partial charge is 0.417 e. The van der Waals surface area contributed by atoms with E-state index in [2.05, 4.69) is 39.3 Å². The predicted molar refractivity (Wildman–Crippen MR) is 202 cm³/mol. The molecule has 4 fully saturated rings. The molecule has 57 heavy (non-hydrogen) atoms. The summed E-state index contributed by atoms with van der Waals surface area (Å²) in [7, 11) is 0. The van der Waals surface area contributed by atoms with Crippen LogP contribution in [0.2, 0.25) is 0 Å². The topological polar surface area (TPSA) is 168 Å². The first-order valence-electron chi connectivity index (χ1n) is 19.1. The number of benzene rings is 1. The van der Waals surface area contributed by atoms with Crippen LogP contribution in [-0.2, 0) is 30.1 Å². The molecule has 2 aromatic rings. The van der Waals surface area contributed by atoms with Gasteiger partial charge in [0.1, 0.15) is 5.54 Å². The molecule has 0 radical (unpaired) electrons. The van der Waals surface area contributed by atoms with Gasteiger partial charge in [0.15, 0.2) is 0 Å². The number of hydrogen-bond donors (Lipinski definition) is 2. The summed E-state index contributed by atoms with van der Waals surface area (Å²) in [5, 5.41) is 14.4. The molecular weight excluding hydrogens is 766 g/mol. The van der Waals surface area contributed by atoms with E-state index in [1.807, 2.05) is 0 Å². The number of urea groups is 1. The van der Waals surface area contributed by atoms with Gasteiger partial charge < -0.3 is 15.0 Å². The fraction of sp³-hybridized carbons (Fsp3) is 0.564. The van der Waals surface area contributed by atoms with Crippen LogP contribution in [0, 0.1) is 11.3 Å². The summed E-state index contributed by atoms with van der Waals surface area (Å²) in [6, 6.07) is 7.47. The Labute approximate surface area is 333 Å². The van der Waals surface area contributed by atoms with Crippen LogP contribution in [0.1, 0.15) is 89.0 Å². The van der Waals surface area contributed by atoms with Crippen LogP contribution in [0.15, 0.2) is 41.4 Å². The number of nitriles is 1. The van der Waals surface area contributed by atoms with Gasteiger partial charge in [-0.15, -0.1) is 0 Å². The van der Waals surface area contributed by atoms with Gasteiger partial charge >= 0.3 is 12.2 Å². The van der Waals surface area contributed by atoms with Gasteiger partial charge in [0, 0.05) is 49.1 Å². The Morgan fingerprint density at radius 1 is 1.05 bits per heavy atom. The maximum atomic E-state index is 13.6. The van der Waals surface area contributed by atoms with Gasteiger partial charge in [-0.05, 0) is 102 Å². The van der Waals surface area contributed by atoms with Crippen LogP contribution >= 0.6 is 11.9 Å². The number of nitrogens with zero attached hydrogens (tertiary/aromatic N) is 6. The molecule has 3 aliphatic heterocycles. The summed E-state index contributed by atoms with van der Waals surface area (Å²) in [6.07, 6.45) is -0.0224. The standard InChI is InChI=1S/C39H47F3N8O6S/c1-23-20-47(21-24(2)48(23)22-34(52)45-26-6-13-32(44-19-26)30-12-14-33(51)46-35(30)53)15-16-56-28-9-7-27(8-10-28)49-37(55)50(36(54)38(49,3)4)57-29-11-5-25(18-43)31(17-29)39(40,41)42/h5-6,11,13,17,19,23-24,27-28,30H,7-10,12,14-16,20-22H2,1-4H3,(H,45,52)(H,46,51,53)/t23-,24+,27?,28?,30?. The van der Waals surface area contributed by atoms with Gasteiger partial charge in [-0.1, -0.05) is 0 Å². The van der Waals surface area contributed by atoms with E-state index in [1.54, 1.807) is 30.9 Å². The van der Waals surface area contributed by atoms with E-state index in [1.165, 1.54) is 18.3 Å². The highest BCUT2D eigenvalue weighted by Gasteiger charge is 2.55. The monoisotopic (exact) mass is 812 g/mol. The Kier molecular flexibility index (Phi) is 12.6. The molecule has 0 bridgehead atoms. The Hall–Kier alpha value is -4.57. The van der Waals surface area contributed by atoms with Crippen molar-refractivity contribution in [3.63, 3.8) is 0 Å². The van der Waals surface area contributed by atoms with Crippen molar-refractivity contribution in [2.24, 2.45) is 0 Å². The smallest absolute Gasteiger partial charge is 0.377 e. The van der Waals surface area contributed by atoms with Crippen molar-refractivity contribution in [2.45, 2.75) is 113 Å². The zero-order valence-electron chi connectivity index (χ0n) is 32.3. The molecule has 4 heterocycles. The predicted octanol–water partition coefficient (Wildman–Crippen LogP) is 4.90. The second-order valence-corrected chi connectivity index (χ2v) is 16.7. The summed E-state index contributed by atoms with van der Waals surface area (Å²) in [5.41, 5.74) is -1.78. The fourth-order valence-corrected chi connectivity index (χ4v) is 9.28. The molecule has 1 unspecified atom stereocenters. The first kappa shape index (κ1) is 42.0. The highest BCUT2D eigenvalue weighted by molar-refractivity contribution is 7.98. The number of imide groups is 2. The lowest BCUT2D eigenvalue weighted by atomic mass is 9.89. The molecule has 1 aliphatic carbocycles. The molecule has 2 N–H and O–H groups in total. The number of halogens is 3. The Bertz CT molecular complexity index is 1900. The van der Waals surface area contributed by atoms with Crippen LogP contribution in [0.4, 0.5) is 23.7 Å². The van der Waals surface area contributed by atoms with Gasteiger partial charge in [0.05, 0.1) is 59.9 Å². The number of nitrogens with one attached hydrogen (secondary N) is 2. The number of aromatic nitrogens is 1. The van der Waals surface area contributed by atoms with Gasteiger partial charge in [-0.25, -0.2) is 4.79 Å². The molecule has 14 nitrogen and oxygen atoms in total.